The molecule has 7 nitrogen and oxygen atoms in total. The van der Waals surface area contributed by atoms with Crippen molar-refractivity contribution in [1.82, 2.24) is 14.7 Å². The minimum absolute atomic E-state index is 0.148. The molecule has 0 atom stereocenters. The topological polar surface area (TPSA) is 84.7 Å². The van der Waals surface area contributed by atoms with Crippen LogP contribution in [0.3, 0.4) is 0 Å². The lowest BCUT2D eigenvalue weighted by Crippen LogP contribution is -2.26. The molecule has 3 aromatic rings. The largest absolute Gasteiger partial charge is 0.495 e. The number of nitrogens with zero attached hydrogens (tertiary/aromatic N) is 2. The molecule has 2 N–H and O–H groups in total. The maximum Gasteiger partial charge on any atom is 0.292 e. The number of hydrogen-bond acceptors (Lipinski definition) is 4. The zero-order chi connectivity index (χ0) is 19.0. The minimum atomic E-state index is -0.412. The lowest BCUT2D eigenvalue weighted by atomic mass is 10.2. The number of anilines is 1. The van der Waals surface area contributed by atoms with E-state index in [4.69, 9.17) is 4.74 Å². The molecular weight excluding hydrogens is 344 g/mol. The van der Waals surface area contributed by atoms with E-state index in [9.17, 15) is 9.59 Å². The standard InChI is InChI=1S/C20H20N4O3/c1-12-6-9-16(27-2)14(11-12)22-20(26)18-23-17(19(25)21-13-7-8-13)15-5-3-4-10-24(15)18/h3-6,9-11,13H,7-8H2,1-2H3,(H,21,25)(H,22,26). The Labute approximate surface area is 156 Å². The Kier molecular flexibility index (Phi) is 4.27. The number of aryl methyl sites for hydroxylation is 1. The monoisotopic (exact) mass is 364 g/mol. The molecule has 1 aromatic carbocycles. The van der Waals surface area contributed by atoms with Crippen molar-refractivity contribution in [2.45, 2.75) is 25.8 Å². The molecule has 0 unspecified atom stereocenters. The first-order valence-electron chi connectivity index (χ1n) is 8.81. The van der Waals surface area contributed by atoms with Crippen LogP contribution in [0.25, 0.3) is 5.52 Å². The van der Waals surface area contributed by atoms with Crippen molar-refractivity contribution < 1.29 is 14.3 Å². The highest BCUT2D eigenvalue weighted by atomic mass is 16.5. The molecule has 0 aliphatic heterocycles. The number of aromatic nitrogens is 2. The van der Waals surface area contributed by atoms with Crippen LogP contribution in [0.4, 0.5) is 5.69 Å². The third-order valence-electron chi connectivity index (χ3n) is 4.48. The Bertz CT molecular complexity index is 1040. The number of amides is 2. The van der Waals surface area contributed by atoms with E-state index >= 15 is 0 Å². The van der Waals surface area contributed by atoms with Crippen molar-refractivity contribution >= 4 is 23.0 Å². The number of methoxy groups -OCH3 is 1. The fourth-order valence-corrected chi connectivity index (χ4v) is 2.94. The Balaban J connectivity index is 1.70. The maximum atomic E-state index is 12.9. The van der Waals surface area contributed by atoms with Crippen molar-refractivity contribution in [2.24, 2.45) is 0 Å². The van der Waals surface area contributed by atoms with Gasteiger partial charge in [-0.25, -0.2) is 4.98 Å². The highest BCUT2D eigenvalue weighted by Gasteiger charge is 2.27. The van der Waals surface area contributed by atoms with Crippen LogP contribution in [0.5, 0.6) is 5.75 Å². The maximum absolute atomic E-state index is 12.9. The molecule has 7 heteroatoms. The average molecular weight is 364 g/mol. The molecule has 1 aliphatic carbocycles. The van der Waals surface area contributed by atoms with Crippen LogP contribution in [0.2, 0.25) is 0 Å². The van der Waals surface area contributed by atoms with Crippen molar-refractivity contribution in [2.75, 3.05) is 12.4 Å². The Morgan fingerprint density at radius 3 is 2.74 bits per heavy atom. The summed E-state index contributed by atoms with van der Waals surface area (Å²) in [6, 6.07) is 11.1. The van der Waals surface area contributed by atoms with E-state index in [2.05, 4.69) is 15.6 Å². The predicted octanol–water partition coefficient (Wildman–Crippen LogP) is 2.80. The molecule has 2 heterocycles. The molecule has 2 amide bonds. The molecular formula is C20H20N4O3. The highest BCUT2D eigenvalue weighted by molar-refractivity contribution is 6.06. The predicted molar refractivity (Wildman–Crippen MR) is 101 cm³/mol. The molecule has 1 saturated carbocycles. The summed E-state index contributed by atoms with van der Waals surface area (Å²) in [5, 5.41) is 5.76. The van der Waals surface area contributed by atoms with Crippen LogP contribution in [0, 0.1) is 6.92 Å². The lowest BCUT2D eigenvalue weighted by molar-refractivity contribution is 0.0948. The van der Waals surface area contributed by atoms with Gasteiger partial charge in [-0.15, -0.1) is 0 Å². The van der Waals surface area contributed by atoms with Gasteiger partial charge in [-0.3, -0.25) is 14.0 Å². The Hall–Kier alpha value is -3.35. The minimum Gasteiger partial charge on any atom is -0.495 e. The van der Waals surface area contributed by atoms with Gasteiger partial charge >= 0.3 is 0 Å². The third-order valence-corrected chi connectivity index (χ3v) is 4.48. The third kappa shape index (κ3) is 3.36. The fourth-order valence-electron chi connectivity index (χ4n) is 2.94. The van der Waals surface area contributed by atoms with E-state index < -0.39 is 5.91 Å². The summed E-state index contributed by atoms with van der Waals surface area (Å²) in [5.74, 6) is 0.0376. The van der Waals surface area contributed by atoms with Gasteiger partial charge in [-0.2, -0.15) is 0 Å². The molecule has 1 aliphatic rings. The molecule has 27 heavy (non-hydrogen) atoms. The second kappa shape index (κ2) is 6.75. The van der Waals surface area contributed by atoms with Gasteiger partial charge in [0, 0.05) is 12.2 Å². The number of pyridine rings is 1. The normalized spacial score (nSPS) is 13.4. The second-order valence-electron chi connectivity index (χ2n) is 6.65. The van der Waals surface area contributed by atoms with Gasteiger partial charge in [0.15, 0.2) is 5.69 Å². The number of rotatable bonds is 5. The van der Waals surface area contributed by atoms with Crippen LogP contribution in [0.1, 0.15) is 39.5 Å². The molecule has 2 aromatic heterocycles. The van der Waals surface area contributed by atoms with Crippen LogP contribution >= 0.6 is 0 Å². The van der Waals surface area contributed by atoms with E-state index in [1.54, 1.807) is 35.9 Å². The van der Waals surface area contributed by atoms with Crippen molar-refractivity contribution in [3.63, 3.8) is 0 Å². The van der Waals surface area contributed by atoms with Crippen molar-refractivity contribution in [3.05, 3.63) is 59.7 Å². The summed E-state index contributed by atoms with van der Waals surface area (Å²) < 4.78 is 6.94. The van der Waals surface area contributed by atoms with Gasteiger partial charge in [0.1, 0.15) is 5.75 Å². The number of ether oxygens (including phenoxy) is 1. The fraction of sp³-hybridized carbons (Fsp3) is 0.250. The van der Waals surface area contributed by atoms with Crippen molar-refractivity contribution in [1.29, 1.82) is 0 Å². The quantitative estimate of drug-likeness (QED) is 0.729. The Morgan fingerprint density at radius 2 is 2.00 bits per heavy atom. The Morgan fingerprint density at radius 1 is 1.19 bits per heavy atom. The molecule has 0 spiro atoms. The van der Waals surface area contributed by atoms with E-state index in [0.717, 1.165) is 18.4 Å². The summed E-state index contributed by atoms with van der Waals surface area (Å²) >= 11 is 0. The zero-order valence-corrected chi connectivity index (χ0v) is 15.2. The van der Waals surface area contributed by atoms with Crippen LogP contribution in [0.15, 0.2) is 42.6 Å². The van der Waals surface area contributed by atoms with Crippen molar-refractivity contribution in [3.8, 4) is 5.75 Å². The summed E-state index contributed by atoms with van der Waals surface area (Å²) in [6.07, 6.45) is 3.69. The molecule has 1 fully saturated rings. The molecule has 138 valence electrons. The summed E-state index contributed by atoms with van der Waals surface area (Å²) in [4.78, 5) is 29.7. The first kappa shape index (κ1) is 17.1. The van der Waals surface area contributed by atoms with Gasteiger partial charge in [-0.05, 0) is 49.6 Å². The number of carbonyl (C=O) groups is 2. The van der Waals surface area contributed by atoms with E-state index in [0.29, 0.717) is 17.0 Å². The number of carbonyl (C=O) groups excluding carboxylic acids is 2. The second-order valence-corrected chi connectivity index (χ2v) is 6.65. The van der Waals surface area contributed by atoms with Gasteiger partial charge in [-0.1, -0.05) is 12.1 Å². The summed E-state index contributed by atoms with van der Waals surface area (Å²) in [7, 11) is 1.55. The summed E-state index contributed by atoms with van der Waals surface area (Å²) in [5.41, 5.74) is 2.39. The number of benzene rings is 1. The summed E-state index contributed by atoms with van der Waals surface area (Å²) in [6.45, 7) is 1.93. The van der Waals surface area contributed by atoms with Crippen LogP contribution in [-0.4, -0.2) is 34.4 Å². The number of fused-ring (bicyclic) bond motifs is 1. The molecule has 0 radical (unpaired) electrons. The molecule has 0 saturated heterocycles. The zero-order valence-electron chi connectivity index (χ0n) is 15.2. The van der Waals surface area contributed by atoms with Gasteiger partial charge < -0.3 is 15.4 Å². The molecule has 0 bridgehead atoms. The van der Waals surface area contributed by atoms with E-state index in [1.165, 1.54) is 0 Å². The van der Waals surface area contributed by atoms with Crippen LogP contribution in [-0.2, 0) is 0 Å². The number of nitrogens with one attached hydrogen (secondary N) is 2. The van der Waals surface area contributed by atoms with E-state index in [1.807, 2.05) is 25.1 Å². The first-order chi connectivity index (χ1) is 13.1. The number of imidazole rings is 1. The average Bonchev–Trinajstić information content (AvgIpc) is 3.38. The van der Waals surface area contributed by atoms with Gasteiger partial charge in [0.2, 0.25) is 5.82 Å². The number of hydrogen-bond donors (Lipinski definition) is 2. The van der Waals surface area contributed by atoms with E-state index in [-0.39, 0.29) is 23.5 Å². The molecule has 4 rings (SSSR count). The smallest absolute Gasteiger partial charge is 0.292 e. The SMILES string of the molecule is COc1ccc(C)cc1NC(=O)c1nc(C(=O)NC2CC2)c2ccccn12. The van der Waals surface area contributed by atoms with Gasteiger partial charge in [0.05, 0.1) is 18.3 Å². The van der Waals surface area contributed by atoms with Gasteiger partial charge in [0.25, 0.3) is 11.8 Å². The first-order valence-corrected chi connectivity index (χ1v) is 8.81. The van der Waals surface area contributed by atoms with Crippen LogP contribution < -0.4 is 15.4 Å². The lowest BCUT2D eigenvalue weighted by Gasteiger charge is -2.10. The highest BCUT2D eigenvalue weighted by Crippen LogP contribution is 2.26.